The van der Waals surface area contributed by atoms with Crippen LogP contribution in [0, 0.1) is 29.6 Å². The van der Waals surface area contributed by atoms with Gasteiger partial charge in [-0.25, -0.2) is 23.5 Å². The number of hydrogen-bond donors (Lipinski definition) is 0. The van der Waals surface area contributed by atoms with Gasteiger partial charge >= 0.3 is 11.4 Å². The molecule has 4 aliphatic carbocycles. The minimum absolute atomic E-state index is 0.153. The molecule has 27 heavy (non-hydrogen) atoms. The highest BCUT2D eigenvalue weighted by Gasteiger charge is 2.97. The van der Waals surface area contributed by atoms with E-state index in [1.165, 1.54) is 10.1 Å². The first-order chi connectivity index (χ1) is 13.3. The van der Waals surface area contributed by atoms with Gasteiger partial charge in [0, 0.05) is 5.41 Å². The summed E-state index contributed by atoms with van der Waals surface area (Å²) >= 11 is 0. The van der Waals surface area contributed by atoms with Crippen molar-refractivity contribution in [3.63, 3.8) is 0 Å². The van der Waals surface area contributed by atoms with E-state index in [-0.39, 0.29) is 28.9 Å². The topological polar surface area (TPSA) is 48.9 Å². The number of benzene rings is 2. The third kappa shape index (κ3) is 1.10. The summed E-state index contributed by atoms with van der Waals surface area (Å²) in [5, 5.41) is 0. The first kappa shape index (κ1) is 13.4. The molecule has 2 aromatic carbocycles. The molecule has 2 unspecified atom stereocenters. The van der Waals surface area contributed by atoms with E-state index >= 15 is 0 Å². The van der Waals surface area contributed by atoms with E-state index in [0.717, 1.165) is 0 Å². The van der Waals surface area contributed by atoms with Crippen LogP contribution in [-0.4, -0.2) is 13.9 Å². The van der Waals surface area contributed by atoms with Crippen LogP contribution in [0.3, 0.4) is 0 Å². The molecular formula is C22H17N3O2. The lowest BCUT2D eigenvalue weighted by Crippen LogP contribution is -2.45. The zero-order chi connectivity index (χ0) is 17.7. The number of rotatable bonds is 2. The van der Waals surface area contributed by atoms with E-state index in [1.807, 2.05) is 39.7 Å². The fourth-order valence-corrected chi connectivity index (χ4v) is 8.00. The summed E-state index contributed by atoms with van der Waals surface area (Å²) < 4.78 is 5.07. The second-order valence-electron chi connectivity index (χ2n) is 8.94. The van der Waals surface area contributed by atoms with Crippen LogP contribution in [0.2, 0.25) is 0 Å². The molecule has 4 fully saturated rings. The third-order valence-electron chi connectivity index (χ3n) is 8.45. The lowest BCUT2D eigenvalue weighted by molar-refractivity contribution is 0.112. The molecule has 6 aliphatic rings. The SMILES string of the molecule is O=c1n(-c2ccccc2)c(=O)n2n1[C@H]1[C@H]3C4[C@H]3[C@H]2[C@H]2[C@@H]1C42c1ccccc1. The van der Waals surface area contributed by atoms with Crippen molar-refractivity contribution in [2.75, 3.05) is 0 Å². The largest absolute Gasteiger partial charge is 0.352 e. The Morgan fingerprint density at radius 3 is 1.74 bits per heavy atom. The lowest BCUT2D eigenvalue weighted by atomic mass is 9.89. The first-order valence-corrected chi connectivity index (χ1v) is 9.85. The summed E-state index contributed by atoms with van der Waals surface area (Å²) in [5.41, 5.74) is 2.03. The first-order valence-electron chi connectivity index (χ1n) is 9.85. The second kappa shape index (κ2) is 3.75. The van der Waals surface area contributed by atoms with Crippen LogP contribution in [0.25, 0.3) is 5.69 Å². The molecule has 2 aliphatic heterocycles. The molecule has 2 bridgehead atoms. The molecule has 5 nitrogen and oxygen atoms in total. The maximum atomic E-state index is 13.3. The Labute approximate surface area is 154 Å². The molecule has 0 saturated heterocycles. The van der Waals surface area contributed by atoms with Crippen molar-refractivity contribution in [1.82, 2.24) is 13.9 Å². The summed E-state index contributed by atoms with van der Waals surface area (Å²) in [4.78, 5) is 26.6. The van der Waals surface area contributed by atoms with E-state index in [4.69, 9.17) is 0 Å². The predicted molar refractivity (Wildman–Crippen MR) is 97.9 cm³/mol. The predicted octanol–water partition coefficient (Wildman–Crippen LogP) is 1.97. The minimum atomic E-state index is -0.153. The van der Waals surface area contributed by atoms with Crippen molar-refractivity contribution in [2.45, 2.75) is 17.5 Å². The van der Waals surface area contributed by atoms with Gasteiger partial charge < -0.3 is 0 Å². The van der Waals surface area contributed by atoms with Gasteiger partial charge in [0.05, 0.1) is 17.8 Å². The molecule has 0 amide bonds. The summed E-state index contributed by atoms with van der Waals surface area (Å²) in [6.07, 6.45) is 0. The van der Waals surface area contributed by atoms with Crippen molar-refractivity contribution in [2.24, 2.45) is 29.6 Å². The minimum Gasteiger partial charge on any atom is -0.245 e. The summed E-state index contributed by atoms with van der Waals surface area (Å²) in [6.45, 7) is 0. The molecule has 0 spiro atoms. The van der Waals surface area contributed by atoms with Gasteiger partial charge in [-0.1, -0.05) is 48.5 Å². The quantitative estimate of drug-likeness (QED) is 0.706. The van der Waals surface area contributed by atoms with Crippen molar-refractivity contribution >= 4 is 0 Å². The molecule has 8 atom stereocenters. The van der Waals surface area contributed by atoms with Crippen molar-refractivity contribution < 1.29 is 0 Å². The highest BCUT2D eigenvalue weighted by Crippen LogP contribution is 2.97. The molecule has 4 saturated carbocycles. The molecular weight excluding hydrogens is 338 g/mol. The van der Waals surface area contributed by atoms with Crippen LogP contribution in [0.1, 0.15) is 17.6 Å². The average Bonchev–Trinajstić information content (AvgIpc) is 3.53. The van der Waals surface area contributed by atoms with Gasteiger partial charge in [-0.2, -0.15) is 0 Å². The Bertz CT molecular complexity index is 1210. The van der Waals surface area contributed by atoms with Gasteiger partial charge in [0.1, 0.15) is 0 Å². The standard InChI is InChI=1S/C22H17N3O2/c26-20-23(12-9-5-2-6-10-12)21(27)25-19-14-13-15(14)22(11-7-3-1-4-8-11)16(17(19)22)18(13)24(20)25/h1-10,13-19H/t13-,14+,15?,16+,17-,18-,19-,22?/m0/s1. The Balaban J connectivity index is 1.38. The van der Waals surface area contributed by atoms with Crippen LogP contribution in [0.4, 0.5) is 0 Å². The molecule has 3 aromatic rings. The van der Waals surface area contributed by atoms with Crippen molar-refractivity contribution in [1.29, 1.82) is 0 Å². The second-order valence-corrected chi connectivity index (χ2v) is 8.94. The molecule has 5 heteroatoms. The highest BCUT2D eigenvalue weighted by molar-refractivity contribution is 5.54. The third-order valence-corrected chi connectivity index (χ3v) is 8.45. The van der Waals surface area contributed by atoms with E-state index in [1.54, 1.807) is 0 Å². The average molecular weight is 355 g/mol. The molecule has 132 valence electrons. The Morgan fingerprint density at radius 2 is 1.19 bits per heavy atom. The number of hydrogen-bond acceptors (Lipinski definition) is 2. The van der Waals surface area contributed by atoms with Gasteiger partial charge in [-0.3, -0.25) is 0 Å². The van der Waals surface area contributed by atoms with Gasteiger partial charge in [-0.15, -0.1) is 0 Å². The smallest absolute Gasteiger partial charge is 0.245 e. The Hall–Kier alpha value is -2.82. The van der Waals surface area contributed by atoms with Gasteiger partial charge in [0.15, 0.2) is 0 Å². The maximum absolute atomic E-state index is 13.3. The van der Waals surface area contributed by atoms with E-state index in [9.17, 15) is 9.59 Å². The zero-order valence-corrected chi connectivity index (χ0v) is 14.5. The normalized spacial score (nSPS) is 42.9. The maximum Gasteiger partial charge on any atom is 0.352 e. The summed E-state index contributed by atoms with van der Waals surface area (Å²) in [5.74, 6) is 2.92. The Kier molecular flexibility index (Phi) is 1.85. The van der Waals surface area contributed by atoms with Crippen LogP contribution in [0.5, 0.6) is 0 Å². The van der Waals surface area contributed by atoms with E-state index in [2.05, 4.69) is 30.3 Å². The van der Waals surface area contributed by atoms with E-state index < -0.39 is 0 Å². The summed E-state index contributed by atoms with van der Waals surface area (Å²) in [7, 11) is 0. The van der Waals surface area contributed by atoms with Crippen LogP contribution in [-0.2, 0) is 5.41 Å². The van der Waals surface area contributed by atoms with Crippen molar-refractivity contribution in [3.8, 4) is 5.69 Å². The van der Waals surface area contributed by atoms with Gasteiger partial charge in [-0.05, 0) is 47.3 Å². The molecule has 0 radical (unpaired) electrons. The van der Waals surface area contributed by atoms with Crippen LogP contribution >= 0.6 is 0 Å². The van der Waals surface area contributed by atoms with Crippen molar-refractivity contribution in [3.05, 3.63) is 87.2 Å². The van der Waals surface area contributed by atoms with E-state index in [0.29, 0.717) is 35.3 Å². The Morgan fingerprint density at radius 1 is 0.667 bits per heavy atom. The fourth-order valence-electron chi connectivity index (χ4n) is 8.00. The number of aromatic nitrogens is 3. The summed E-state index contributed by atoms with van der Waals surface area (Å²) in [6, 6.07) is 20.6. The lowest BCUT2D eigenvalue weighted by Gasteiger charge is -2.36. The van der Waals surface area contributed by atoms with Crippen LogP contribution in [0.15, 0.2) is 70.3 Å². The zero-order valence-electron chi connectivity index (χ0n) is 14.5. The molecule has 9 rings (SSSR count). The molecule has 0 N–H and O–H groups in total. The fraction of sp³-hybridized carbons (Fsp3) is 0.364. The monoisotopic (exact) mass is 355 g/mol. The number of para-hydroxylation sites is 1. The molecule has 1 aromatic heterocycles. The van der Waals surface area contributed by atoms with Gasteiger partial charge in [0.25, 0.3) is 0 Å². The molecule has 3 heterocycles. The van der Waals surface area contributed by atoms with Gasteiger partial charge in [0.2, 0.25) is 0 Å². The van der Waals surface area contributed by atoms with Crippen LogP contribution < -0.4 is 11.4 Å². The number of nitrogens with zero attached hydrogens (tertiary/aromatic N) is 3. The highest BCUT2D eigenvalue weighted by atomic mass is 16.2.